The molecule has 3 aromatic rings. The Labute approximate surface area is 364 Å². The molecule has 2 nitrogen and oxygen atoms in total. The van der Waals surface area contributed by atoms with Gasteiger partial charge in [-0.3, -0.25) is 0 Å². The predicted octanol–water partition coefficient (Wildman–Crippen LogP) is 16.5. The molecule has 304 valence electrons. The van der Waals surface area contributed by atoms with Crippen LogP contribution >= 0.6 is 31.9 Å². The second kappa shape index (κ2) is 21.8. The van der Waals surface area contributed by atoms with Crippen LogP contribution in [0.4, 0.5) is 17.1 Å². The maximum absolute atomic E-state index is 4.05. The average Bonchev–Trinajstić information content (AvgIpc) is 3.40. The van der Waals surface area contributed by atoms with Gasteiger partial charge < -0.3 is 9.80 Å². The molecular formula is C53H68Br2N2. The zero-order valence-corrected chi connectivity index (χ0v) is 40.3. The summed E-state index contributed by atoms with van der Waals surface area (Å²) in [5.74, 6) is 0.0969. The van der Waals surface area contributed by atoms with Gasteiger partial charge in [-0.15, -0.1) is 6.58 Å². The fraction of sp³-hybridized carbons (Fsp3) is 0.358. The number of rotatable bonds is 13. The molecule has 4 rings (SSSR count). The SMILES string of the molecule is C=CC/C=C(\C=C/CN(C(/C=C\CBr)=C/C)c1c(C)cc(C(C)(C)C)cc1C)C1C=CC=C(N(c2ccc(Br)cc2)c2c(C)cc(C(C)(C)C)cc2C)C=C1.CC. The molecule has 0 saturated carbocycles. The van der Waals surface area contributed by atoms with Gasteiger partial charge in [-0.25, -0.2) is 0 Å². The van der Waals surface area contributed by atoms with Crippen LogP contribution in [0.25, 0.3) is 0 Å². The van der Waals surface area contributed by atoms with E-state index in [4.69, 9.17) is 0 Å². The number of allylic oxidation sites excluding steroid dienone is 12. The highest BCUT2D eigenvalue weighted by Gasteiger charge is 2.23. The number of anilines is 3. The highest BCUT2D eigenvalue weighted by atomic mass is 79.9. The van der Waals surface area contributed by atoms with Gasteiger partial charge in [-0.05, 0) is 133 Å². The van der Waals surface area contributed by atoms with Crippen molar-refractivity contribution in [3.63, 3.8) is 0 Å². The van der Waals surface area contributed by atoms with Crippen LogP contribution in [0.1, 0.15) is 102 Å². The van der Waals surface area contributed by atoms with Crippen molar-refractivity contribution >= 4 is 48.9 Å². The van der Waals surface area contributed by atoms with Crippen molar-refractivity contribution in [2.45, 2.75) is 107 Å². The van der Waals surface area contributed by atoms with Crippen LogP contribution in [0.3, 0.4) is 0 Å². The van der Waals surface area contributed by atoms with Crippen LogP contribution in [0.15, 0.2) is 149 Å². The summed E-state index contributed by atoms with van der Waals surface area (Å²) in [6.07, 6.45) is 27.7. The van der Waals surface area contributed by atoms with E-state index >= 15 is 0 Å². The number of alkyl halides is 1. The lowest BCUT2D eigenvalue weighted by Crippen LogP contribution is -2.24. The quantitative estimate of drug-likeness (QED) is 0.0958. The predicted molar refractivity (Wildman–Crippen MR) is 263 cm³/mol. The normalized spacial score (nSPS) is 15.1. The Morgan fingerprint density at radius 2 is 1.32 bits per heavy atom. The first-order valence-electron chi connectivity index (χ1n) is 20.5. The summed E-state index contributed by atoms with van der Waals surface area (Å²) in [5.41, 5.74) is 15.1. The van der Waals surface area contributed by atoms with E-state index in [1.165, 1.54) is 56.0 Å². The van der Waals surface area contributed by atoms with E-state index < -0.39 is 0 Å². The lowest BCUT2D eigenvalue weighted by atomic mass is 9.84. The zero-order chi connectivity index (χ0) is 42.5. The lowest BCUT2D eigenvalue weighted by Gasteiger charge is -2.31. The Hall–Kier alpha value is -3.86. The van der Waals surface area contributed by atoms with Crippen LogP contribution in [0.5, 0.6) is 0 Å². The molecule has 1 aliphatic rings. The lowest BCUT2D eigenvalue weighted by molar-refractivity contribution is 0.589. The summed E-state index contributed by atoms with van der Waals surface area (Å²) >= 11 is 7.25. The van der Waals surface area contributed by atoms with Gasteiger partial charge in [0.25, 0.3) is 0 Å². The van der Waals surface area contributed by atoms with Crippen LogP contribution in [0.2, 0.25) is 0 Å². The molecule has 1 unspecified atom stereocenters. The van der Waals surface area contributed by atoms with Crippen molar-refractivity contribution in [3.05, 3.63) is 183 Å². The molecule has 0 saturated heterocycles. The first-order chi connectivity index (χ1) is 27.0. The summed E-state index contributed by atoms with van der Waals surface area (Å²) in [6.45, 7) is 33.6. The van der Waals surface area contributed by atoms with Crippen molar-refractivity contribution in [2.75, 3.05) is 21.7 Å². The topological polar surface area (TPSA) is 6.48 Å². The molecule has 0 heterocycles. The fourth-order valence-corrected chi connectivity index (χ4v) is 7.63. The molecule has 4 heteroatoms. The first kappa shape index (κ1) is 47.5. The molecule has 0 fully saturated rings. The maximum atomic E-state index is 4.05. The second-order valence-electron chi connectivity index (χ2n) is 16.6. The molecule has 1 atom stereocenters. The van der Waals surface area contributed by atoms with Gasteiger partial charge in [0.05, 0.1) is 5.69 Å². The van der Waals surface area contributed by atoms with E-state index in [1.54, 1.807) is 0 Å². The molecule has 0 spiro atoms. The van der Waals surface area contributed by atoms with Crippen molar-refractivity contribution in [2.24, 2.45) is 5.92 Å². The van der Waals surface area contributed by atoms with E-state index in [2.05, 4.69) is 240 Å². The van der Waals surface area contributed by atoms with Gasteiger partial charge in [-0.1, -0.05) is 166 Å². The van der Waals surface area contributed by atoms with Crippen molar-refractivity contribution < 1.29 is 0 Å². The molecule has 0 radical (unpaired) electrons. The Bertz CT molecular complexity index is 1990. The zero-order valence-electron chi connectivity index (χ0n) is 37.1. The van der Waals surface area contributed by atoms with Gasteiger partial charge in [0.1, 0.15) is 0 Å². The number of aryl methyl sites for hydroxylation is 4. The van der Waals surface area contributed by atoms with Gasteiger partial charge in [-0.2, -0.15) is 0 Å². The monoisotopic (exact) mass is 890 g/mol. The number of benzene rings is 3. The largest absolute Gasteiger partial charge is 0.337 e. The van der Waals surface area contributed by atoms with Gasteiger partial charge in [0, 0.05) is 45.0 Å². The van der Waals surface area contributed by atoms with Gasteiger partial charge >= 0.3 is 0 Å². The molecule has 3 aromatic carbocycles. The van der Waals surface area contributed by atoms with E-state index in [0.717, 1.165) is 34.2 Å². The highest BCUT2D eigenvalue weighted by Crippen LogP contribution is 2.40. The number of halogens is 2. The minimum absolute atomic E-state index is 0.0694. The van der Waals surface area contributed by atoms with E-state index in [9.17, 15) is 0 Å². The number of nitrogens with zero attached hydrogens (tertiary/aromatic N) is 2. The van der Waals surface area contributed by atoms with Crippen molar-refractivity contribution in [3.8, 4) is 0 Å². The van der Waals surface area contributed by atoms with Gasteiger partial charge in [0.2, 0.25) is 0 Å². The molecule has 57 heavy (non-hydrogen) atoms. The second-order valence-corrected chi connectivity index (χ2v) is 18.2. The van der Waals surface area contributed by atoms with Crippen molar-refractivity contribution in [1.82, 2.24) is 0 Å². The molecule has 0 aromatic heterocycles. The average molecular weight is 893 g/mol. The van der Waals surface area contributed by atoms with E-state index in [0.29, 0.717) is 0 Å². The summed E-state index contributed by atoms with van der Waals surface area (Å²) in [7, 11) is 0. The standard InChI is InChI=1S/C51H62Br2N2.C2H6/c1-13-15-19-40(21-18-31-54(45(14-2)23-17-30-52)48-36(3)32-42(33-37(48)4)50(7,8)9)41-20-16-22-46(27-24-41)55(47-28-25-44(53)26-29-47)49-38(5)34-43(35-39(49)6)51(10,11)12;1-2/h13-14,16-29,32-35,41H,1,15,30-31H2,2-12H3;1-2H3/b21-18-,23-17-,40-19+,45-14+;. The minimum atomic E-state index is 0.0694. The molecule has 0 aliphatic heterocycles. The Kier molecular flexibility index (Phi) is 18.1. The molecule has 0 N–H and O–H groups in total. The Balaban J connectivity index is 0.00000428. The summed E-state index contributed by atoms with van der Waals surface area (Å²) in [6, 6.07) is 18.1. The maximum Gasteiger partial charge on any atom is 0.0520 e. The third-order valence-electron chi connectivity index (χ3n) is 10.1. The molecule has 0 bridgehead atoms. The van der Waals surface area contributed by atoms with E-state index in [-0.39, 0.29) is 16.7 Å². The molecular weight excluding hydrogens is 824 g/mol. The van der Waals surface area contributed by atoms with E-state index in [1.807, 2.05) is 19.9 Å². The van der Waals surface area contributed by atoms with Crippen molar-refractivity contribution in [1.29, 1.82) is 0 Å². The summed E-state index contributed by atoms with van der Waals surface area (Å²) in [5, 5.41) is 0.806. The number of hydrogen-bond acceptors (Lipinski definition) is 2. The van der Waals surface area contributed by atoms with Crippen LogP contribution in [0, 0.1) is 33.6 Å². The smallest absolute Gasteiger partial charge is 0.0520 e. The first-order valence-corrected chi connectivity index (χ1v) is 22.4. The Morgan fingerprint density at radius 1 is 0.772 bits per heavy atom. The fourth-order valence-electron chi connectivity index (χ4n) is 7.18. The van der Waals surface area contributed by atoms with Gasteiger partial charge in [0.15, 0.2) is 0 Å². The molecule has 1 aliphatic carbocycles. The third kappa shape index (κ3) is 12.8. The Morgan fingerprint density at radius 3 is 1.81 bits per heavy atom. The number of hydrogen-bond donors (Lipinski definition) is 0. The van der Waals surface area contributed by atoms with Crippen LogP contribution in [-0.2, 0) is 10.8 Å². The summed E-state index contributed by atoms with van der Waals surface area (Å²) < 4.78 is 1.06. The highest BCUT2D eigenvalue weighted by molar-refractivity contribution is 9.10. The third-order valence-corrected chi connectivity index (χ3v) is 11.0. The minimum Gasteiger partial charge on any atom is -0.337 e. The van der Waals surface area contributed by atoms with Crippen LogP contribution < -0.4 is 9.80 Å². The van der Waals surface area contributed by atoms with Crippen LogP contribution in [-0.4, -0.2) is 11.9 Å². The molecule has 0 amide bonds. The summed E-state index contributed by atoms with van der Waals surface area (Å²) in [4.78, 5) is 4.85.